The SMILES string of the molecule is CCCCOC1[C@H](O)C(COC(C)=O)O[C@H](OC)[C@H]1NC(=O)OCc1ccccc1. The van der Waals surface area contributed by atoms with Gasteiger partial charge in [0, 0.05) is 20.6 Å². The lowest BCUT2D eigenvalue weighted by molar-refractivity contribution is -0.270. The van der Waals surface area contributed by atoms with Gasteiger partial charge < -0.3 is 34.1 Å². The van der Waals surface area contributed by atoms with Crippen molar-refractivity contribution in [2.24, 2.45) is 0 Å². The van der Waals surface area contributed by atoms with Crippen molar-refractivity contribution in [3.63, 3.8) is 0 Å². The van der Waals surface area contributed by atoms with Crippen molar-refractivity contribution < 1.29 is 38.4 Å². The first-order valence-corrected chi connectivity index (χ1v) is 10.0. The maximum Gasteiger partial charge on any atom is 0.407 e. The maximum atomic E-state index is 12.4. The summed E-state index contributed by atoms with van der Waals surface area (Å²) in [6.45, 7) is 3.60. The van der Waals surface area contributed by atoms with Gasteiger partial charge in [-0.1, -0.05) is 43.7 Å². The Balaban J connectivity index is 2.05. The van der Waals surface area contributed by atoms with Crippen molar-refractivity contribution in [3.8, 4) is 0 Å². The van der Waals surface area contributed by atoms with E-state index in [0.29, 0.717) is 6.61 Å². The number of ether oxygens (including phenoxy) is 5. The van der Waals surface area contributed by atoms with E-state index in [0.717, 1.165) is 18.4 Å². The van der Waals surface area contributed by atoms with Gasteiger partial charge in [-0.3, -0.25) is 4.79 Å². The van der Waals surface area contributed by atoms with Crippen molar-refractivity contribution in [1.29, 1.82) is 0 Å². The van der Waals surface area contributed by atoms with E-state index < -0.39 is 42.7 Å². The number of aliphatic hydroxyl groups excluding tert-OH is 1. The number of amides is 1. The van der Waals surface area contributed by atoms with E-state index >= 15 is 0 Å². The second-order valence-corrected chi connectivity index (χ2v) is 6.99. The molecule has 2 rings (SSSR count). The fourth-order valence-electron chi connectivity index (χ4n) is 3.07. The van der Waals surface area contributed by atoms with Gasteiger partial charge in [0.15, 0.2) is 6.29 Å². The van der Waals surface area contributed by atoms with E-state index in [2.05, 4.69) is 5.32 Å². The van der Waals surface area contributed by atoms with Crippen LogP contribution in [0.3, 0.4) is 0 Å². The first kappa shape index (κ1) is 24.1. The number of esters is 1. The largest absolute Gasteiger partial charge is 0.463 e. The topological polar surface area (TPSA) is 113 Å². The Labute approximate surface area is 176 Å². The highest BCUT2D eigenvalue weighted by Crippen LogP contribution is 2.25. The summed E-state index contributed by atoms with van der Waals surface area (Å²) in [6, 6.07) is 8.44. The summed E-state index contributed by atoms with van der Waals surface area (Å²) >= 11 is 0. The third-order valence-corrected chi connectivity index (χ3v) is 4.66. The molecule has 2 unspecified atom stereocenters. The molecule has 1 aliphatic heterocycles. The first-order chi connectivity index (χ1) is 14.5. The van der Waals surface area contributed by atoms with Crippen LogP contribution in [-0.4, -0.2) is 68.1 Å². The highest BCUT2D eigenvalue weighted by atomic mass is 16.7. The molecule has 1 aromatic carbocycles. The van der Waals surface area contributed by atoms with Crippen LogP contribution in [-0.2, 0) is 35.1 Å². The Kier molecular flexibility index (Phi) is 10.0. The van der Waals surface area contributed by atoms with Crippen molar-refractivity contribution >= 4 is 12.1 Å². The zero-order valence-corrected chi connectivity index (χ0v) is 17.6. The molecule has 168 valence electrons. The molecular weight excluding hydrogens is 394 g/mol. The summed E-state index contributed by atoms with van der Waals surface area (Å²) in [5.41, 5.74) is 0.841. The summed E-state index contributed by atoms with van der Waals surface area (Å²) < 4.78 is 27.2. The zero-order chi connectivity index (χ0) is 21.9. The maximum absolute atomic E-state index is 12.4. The molecule has 5 atom stereocenters. The van der Waals surface area contributed by atoms with Gasteiger partial charge in [0.05, 0.1) is 0 Å². The average Bonchev–Trinajstić information content (AvgIpc) is 2.74. The van der Waals surface area contributed by atoms with Crippen LogP contribution in [0.1, 0.15) is 32.3 Å². The van der Waals surface area contributed by atoms with Crippen LogP contribution in [0.15, 0.2) is 30.3 Å². The third kappa shape index (κ3) is 7.24. The highest BCUT2D eigenvalue weighted by molar-refractivity contribution is 5.68. The molecule has 9 heteroatoms. The lowest BCUT2D eigenvalue weighted by Crippen LogP contribution is -2.65. The molecule has 0 aliphatic carbocycles. The predicted molar refractivity (Wildman–Crippen MR) is 107 cm³/mol. The van der Waals surface area contributed by atoms with Gasteiger partial charge in [0.1, 0.15) is 37.6 Å². The number of hydrogen-bond donors (Lipinski definition) is 2. The molecule has 1 heterocycles. The molecule has 0 radical (unpaired) electrons. The number of carbonyl (C=O) groups is 2. The van der Waals surface area contributed by atoms with Gasteiger partial charge in [0.25, 0.3) is 0 Å². The monoisotopic (exact) mass is 425 g/mol. The molecule has 1 aromatic rings. The van der Waals surface area contributed by atoms with Crippen molar-refractivity contribution in [2.75, 3.05) is 20.3 Å². The molecule has 0 saturated carbocycles. The Hall–Kier alpha value is -2.20. The zero-order valence-electron chi connectivity index (χ0n) is 17.6. The summed E-state index contributed by atoms with van der Waals surface area (Å²) in [5.74, 6) is -0.493. The smallest absolute Gasteiger partial charge is 0.407 e. The van der Waals surface area contributed by atoms with Crippen molar-refractivity contribution in [3.05, 3.63) is 35.9 Å². The average molecular weight is 425 g/mol. The molecular formula is C21H31NO8. The van der Waals surface area contributed by atoms with Gasteiger partial charge in [-0.05, 0) is 12.0 Å². The van der Waals surface area contributed by atoms with Gasteiger partial charge >= 0.3 is 12.1 Å². The minimum atomic E-state index is -1.15. The quantitative estimate of drug-likeness (QED) is 0.431. The van der Waals surface area contributed by atoms with Crippen LogP contribution in [0.2, 0.25) is 0 Å². The van der Waals surface area contributed by atoms with Gasteiger partial charge in [-0.15, -0.1) is 0 Å². The van der Waals surface area contributed by atoms with E-state index in [4.69, 9.17) is 23.7 Å². The number of carbonyl (C=O) groups excluding carboxylic acids is 2. The summed E-state index contributed by atoms with van der Waals surface area (Å²) in [6.07, 6.45) is -2.77. The molecule has 1 fully saturated rings. The highest BCUT2D eigenvalue weighted by Gasteiger charge is 2.47. The number of nitrogens with one attached hydrogen (secondary N) is 1. The summed E-state index contributed by atoms with van der Waals surface area (Å²) in [7, 11) is 1.42. The number of benzene rings is 1. The minimum absolute atomic E-state index is 0.0941. The molecule has 0 bridgehead atoms. The Morgan fingerprint density at radius 2 is 1.93 bits per heavy atom. The van der Waals surface area contributed by atoms with Crippen molar-refractivity contribution in [1.82, 2.24) is 5.32 Å². The summed E-state index contributed by atoms with van der Waals surface area (Å²) in [4.78, 5) is 23.5. The molecule has 0 aromatic heterocycles. The van der Waals surface area contributed by atoms with Crippen LogP contribution in [0, 0.1) is 0 Å². The molecule has 1 aliphatic rings. The fraction of sp³-hybridized carbons (Fsp3) is 0.619. The molecule has 30 heavy (non-hydrogen) atoms. The third-order valence-electron chi connectivity index (χ3n) is 4.66. The van der Waals surface area contributed by atoms with E-state index in [9.17, 15) is 14.7 Å². The van der Waals surface area contributed by atoms with Crippen LogP contribution >= 0.6 is 0 Å². The van der Waals surface area contributed by atoms with E-state index in [1.807, 2.05) is 37.3 Å². The normalized spacial score (nSPS) is 26.1. The second kappa shape index (κ2) is 12.5. The van der Waals surface area contributed by atoms with Crippen LogP contribution in [0.25, 0.3) is 0 Å². The molecule has 1 amide bonds. The van der Waals surface area contributed by atoms with E-state index in [1.165, 1.54) is 14.0 Å². The van der Waals surface area contributed by atoms with E-state index in [-0.39, 0.29) is 13.2 Å². The van der Waals surface area contributed by atoms with Crippen molar-refractivity contribution in [2.45, 2.75) is 63.9 Å². The fourth-order valence-corrected chi connectivity index (χ4v) is 3.07. The van der Waals surface area contributed by atoms with Crippen LogP contribution < -0.4 is 5.32 Å². The minimum Gasteiger partial charge on any atom is -0.463 e. The molecule has 9 nitrogen and oxygen atoms in total. The second-order valence-electron chi connectivity index (χ2n) is 6.99. The van der Waals surface area contributed by atoms with Crippen LogP contribution in [0.5, 0.6) is 0 Å². The first-order valence-electron chi connectivity index (χ1n) is 10.0. The molecule has 2 N–H and O–H groups in total. The number of unbranched alkanes of at least 4 members (excludes halogenated alkanes) is 1. The molecule has 0 spiro atoms. The lowest BCUT2D eigenvalue weighted by Gasteiger charge is -2.43. The Morgan fingerprint density at radius 3 is 2.57 bits per heavy atom. The number of rotatable bonds is 10. The van der Waals surface area contributed by atoms with Crippen LogP contribution in [0.4, 0.5) is 4.79 Å². The number of hydrogen-bond acceptors (Lipinski definition) is 8. The Bertz CT molecular complexity index is 656. The van der Waals surface area contributed by atoms with Gasteiger partial charge in [0.2, 0.25) is 0 Å². The molecule has 1 saturated heterocycles. The van der Waals surface area contributed by atoms with Gasteiger partial charge in [-0.2, -0.15) is 0 Å². The standard InChI is InChI=1S/C21H31NO8/c1-4-5-11-27-19-17(22-21(25)29-12-15-9-7-6-8-10-15)20(26-3)30-16(18(19)24)13-28-14(2)23/h6-10,16-20,24H,4-5,11-13H2,1-3H3,(H,22,25)/t16?,17-,18+,19?,20-/m0/s1. The Morgan fingerprint density at radius 1 is 1.20 bits per heavy atom. The lowest BCUT2D eigenvalue weighted by atomic mass is 9.96. The van der Waals surface area contributed by atoms with Gasteiger partial charge in [-0.25, -0.2) is 4.79 Å². The summed E-state index contributed by atoms with van der Waals surface area (Å²) in [5, 5.41) is 13.4. The number of alkyl carbamates (subject to hydrolysis) is 1. The predicted octanol–water partition coefficient (Wildman–Crippen LogP) is 1.76. The number of aliphatic hydroxyl groups is 1. The number of methoxy groups -OCH3 is 1. The van der Waals surface area contributed by atoms with E-state index in [1.54, 1.807) is 0 Å².